The van der Waals surface area contributed by atoms with Gasteiger partial charge in [0.05, 0.1) is 5.76 Å². The number of nitrogens with zero attached hydrogens (tertiary/aromatic N) is 1. The van der Waals surface area contributed by atoms with Crippen LogP contribution < -0.4 is 0 Å². The van der Waals surface area contributed by atoms with Crippen molar-refractivity contribution in [3.05, 3.63) is 81.0 Å². The summed E-state index contributed by atoms with van der Waals surface area (Å²) in [6, 6.07) is 13.3. The lowest BCUT2D eigenvalue weighted by Crippen LogP contribution is -2.62. The first kappa shape index (κ1) is 19.5. The van der Waals surface area contributed by atoms with E-state index in [-0.39, 0.29) is 0 Å². The Morgan fingerprint density at radius 3 is 2.52 bits per heavy atom. The molecule has 2 fully saturated rings. The number of halogens is 2. The highest BCUT2D eigenvalue weighted by molar-refractivity contribution is 6.35. The van der Waals surface area contributed by atoms with Crippen LogP contribution in [0.2, 0.25) is 10.0 Å². The van der Waals surface area contributed by atoms with E-state index in [0.717, 1.165) is 41.3 Å². The minimum absolute atomic E-state index is 0.335. The summed E-state index contributed by atoms with van der Waals surface area (Å²) in [6.45, 7) is 6.06. The van der Waals surface area contributed by atoms with Gasteiger partial charge in [-0.2, -0.15) is 0 Å². The van der Waals surface area contributed by atoms with Crippen molar-refractivity contribution in [3.63, 3.8) is 0 Å². The number of hydrogen-bond acceptors (Lipinski definition) is 2. The molecule has 1 saturated carbocycles. The Balaban J connectivity index is 1.22. The van der Waals surface area contributed by atoms with Crippen LogP contribution >= 0.6 is 23.2 Å². The zero-order chi connectivity index (χ0) is 20.2. The van der Waals surface area contributed by atoms with Gasteiger partial charge in [-0.3, -0.25) is 4.90 Å². The first-order chi connectivity index (χ1) is 13.9. The second kappa shape index (κ2) is 7.34. The maximum absolute atomic E-state index is 9.58. The minimum Gasteiger partial charge on any atom is -0.513 e. The van der Waals surface area contributed by atoms with Gasteiger partial charge in [0.1, 0.15) is 0 Å². The lowest BCUT2D eigenvalue weighted by Gasteiger charge is -2.60. The third-order valence-electron chi connectivity index (χ3n) is 7.33. The van der Waals surface area contributed by atoms with Gasteiger partial charge in [0, 0.05) is 35.1 Å². The predicted molar refractivity (Wildman–Crippen MR) is 120 cm³/mol. The van der Waals surface area contributed by atoms with Crippen molar-refractivity contribution in [1.82, 2.24) is 4.90 Å². The summed E-state index contributed by atoms with van der Waals surface area (Å²) in [5.74, 6) is 0.716. The second-order valence-electron chi connectivity index (χ2n) is 9.29. The fourth-order valence-corrected chi connectivity index (χ4v) is 6.33. The van der Waals surface area contributed by atoms with Crippen LogP contribution in [-0.4, -0.2) is 23.1 Å². The molecule has 2 aromatic carbocycles. The van der Waals surface area contributed by atoms with Crippen LogP contribution in [0.3, 0.4) is 0 Å². The van der Waals surface area contributed by atoms with Gasteiger partial charge in [-0.25, -0.2) is 0 Å². The molecule has 1 saturated heterocycles. The molecule has 4 heteroatoms. The number of aliphatic hydroxyl groups is 1. The first-order valence-corrected chi connectivity index (χ1v) is 11.4. The number of fused-ring (bicyclic) bond motifs is 1. The highest BCUT2D eigenvalue weighted by Gasteiger charge is 2.54. The lowest BCUT2D eigenvalue weighted by atomic mass is 9.57. The van der Waals surface area contributed by atoms with Gasteiger partial charge in [-0.15, -0.1) is 0 Å². The summed E-state index contributed by atoms with van der Waals surface area (Å²) in [6.07, 6.45) is 6.44. The lowest BCUT2D eigenvalue weighted by molar-refractivity contribution is -0.111. The molecule has 0 aromatic heterocycles. The first-order valence-electron chi connectivity index (χ1n) is 10.6. The van der Waals surface area contributed by atoms with E-state index in [1.807, 2.05) is 18.2 Å². The molecule has 1 heterocycles. The van der Waals surface area contributed by atoms with E-state index in [1.165, 1.54) is 42.6 Å². The van der Waals surface area contributed by atoms with E-state index in [0.29, 0.717) is 23.1 Å². The predicted octanol–water partition coefficient (Wildman–Crippen LogP) is 6.55. The van der Waals surface area contributed by atoms with Gasteiger partial charge >= 0.3 is 0 Å². The highest BCUT2D eigenvalue weighted by Crippen LogP contribution is 2.56. The number of hydrogen-bond donors (Lipinski definition) is 1. The number of rotatable bonds is 5. The SMILES string of the molecule is C=C(O)C1CC2(C1)CN(C1CCc3cc(CCc4c(Cl)cccc4Cl)ccc31)C2. The third kappa shape index (κ3) is 3.50. The van der Waals surface area contributed by atoms with Crippen molar-refractivity contribution < 1.29 is 5.11 Å². The molecule has 0 radical (unpaired) electrons. The summed E-state index contributed by atoms with van der Waals surface area (Å²) in [5.41, 5.74) is 5.89. The summed E-state index contributed by atoms with van der Waals surface area (Å²) in [5, 5.41) is 11.1. The van der Waals surface area contributed by atoms with Crippen molar-refractivity contribution in [2.75, 3.05) is 13.1 Å². The maximum atomic E-state index is 9.58. The Labute approximate surface area is 183 Å². The van der Waals surface area contributed by atoms with E-state index in [9.17, 15) is 5.11 Å². The van der Waals surface area contributed by atoms with Crippen LogP contribution in [0.4, 0.5) is 0 Å². The van der Waals surface area contributed by atoms with Crippen molar-refractivity contribution in [1.29, 1.82) is 0 Å². The standard InChI is InChI=1S/C25H27Cl2NO/c1-16(29)19-12-25(13-19)14-28(15-25)24-10-7-18-11-17(5-8-20(18)24)6-9-21-22(26)3-2-4-23(21)27/h2-5,8,11,19,24,29H,1,6-7,9-10,12-15H2. The monoisotopic (exact) mass is 427 g/mol. The maximum Gasteiger partial charge on any atom is 0.0882 e. The molecule has 1 N–H and O–H groups in total. The topological polar surface area (TPSA) is 23.5 Å². The summed E-state index contributed by atoms with van der Waals surface area (Å²) >= 11 is 12.6. The van der Waals surface area contributed by atoms with Gasteiger partial charge in [-0.1, -0.05) is 54.0 Å². The minimum atomic E-state index is 0.335. The molecule has 29 heavy (non-hydrogen) atoms. The third-order valence-corrected chi connectivity index (χ3v) is 8.03. The number of benzene rings is 2. The van der Waals surface area contributed by atoms with Crippen LogP contribution in [0.5, 0.6) is 0 Å². The molecular weight excluding hydrogens is 401 g/mol. The Morgan fingerprint density at radius 2 is 1.83 bits per heavy atom. The average Bonchev–Trinajstić information content (AvgIpc) is 3.02. The van der Waals surface area contributed by atoms with Gasteiger partial charge in [0.15, 0.2) is 0 Å². The molecule has 152 valence electrons. The molecule has 1 spiro atoms. The molecule has 1 atom stereocenters. The summed E-state index contributed by atoms with van der Waals surface area (Å²) in [7, 11) is 0. The van der Waals surface area contributed by atoms with Crippen molar-refractivity contribution in [2.45, 2.75) is 44.6 Å². The van der Waals surface area contributed by atoms with Gasteiger partial charge in [0.25, 0.3) is 0 Å². The number of aryl methyl sites for hydroxylation is 2. The Hall–Kier alpha value is -1.48. The average molecular weight is 428 g/mol. The molecular formula is C25H27Cl2NO. The fraction of sp³-hybridized carbons (Fsp3) is 0.440. The van der Waals surface area contributed by atoms with E-state index >= 15 is 0 Å². The van der Waals surface area contributed by atoms with Gasteiger partial charge in [0.2, 0.25) is 0 Å². The largest absolute Gasteiger partial charge is 0.513 e. The molecule has 1 aliphatic heterocycles. The van der Waals surface area contributed by atoms with Crippen LogP contribution in [0, 0.1) is 11.3 Å². The molecule has 2 nitrogen and oxygen atoms in total. The van der Waals surface area contributed by atoms with Gasteiger partial charge in [-0.05, 0) is 78.3 Å². The second-order valence-corrected chi connectivity index (χ2v) is 10.1. The quantitative estimate of drug-likeness (QED) is 0.546. The zero-order valence-corrected chi connectivity index (χ0v) is 18.1. The Morgan fingerprint density at radius 1 is 1.10 bits per heavy atom. The van der Waals surface area contributed by atoms with Crippen molar-refractivity contribution in [2.24, 2.45) is 11.3 Å². The van der Waals surface area contributed by atoms with Crippen LogP contribution in [0.1, 0.15) is 47.6 Å². The van der Waals surface area contributed by atoms with Crippen molar-refractivity contribution in [3.8, 4) is 0 Å². The summed E-state index contributed by atoms with van der Waals surface area (Å²) < 4.78 is 0. The van der Waals surface area contributed by atoms with Crippen LogP contribution in [0.25, 0.3) is 0 Å². The fourth-order valence-electron chi connectivity index (χ4n) is 5.74. The molecule has 2 aromatic rings. The van der Waals surface area contributed by atoms with E-state index < -0.39 is 0 Å². The van der Waals surface area contributed by atoms with Crippen LogP contribution in [0.15, 0.2) is 48.7 Å². The molecule has 5 rings (SSSR count). The Kier molecular flexibility index (Phi) is 4.93. The molecule has 1 unspecified atom stereocenters. The van der Waals surface area contributed by atoms with E-state index in [2.05, 4.69) is 29.7 Å². The number of aliphatic hydroxyl groups excluding tert-OH is 1. The van der Waals surface area contributed by atoms with Crippen LogP contribution in [-0.2, 0) is 19.3 Å². The number of likely N-dealkylation sites (tertiary alicyclic amines) is 1. The smallest absolute Gasteiger partial charge is 0.0882 e. The number of allylic oxidation sites excluding steroid dienone is 1. The molecule has 0 bridgehead atoms. The summed E-state index contributed by atoms with van der Waals surface area (Å²) in [4.78, 5) is 2.64. The highest BCUT2D eigenvalue weighted by atomic mass is 35.5. The zero-order valence-electron chi connectivity index (χ0n) is 16.6. The van der Waals surface area contributed by atoms with Gasteiger partial charge < -0.3 is 5.11 Å². The molecule has 3 aliphatic rings. The molecule has 2 aliphatic carbocycles. The van der Waals surface area contributed by atoms with E-state index in [4.69, 9.17) is 23.2 Å². The van der Waals surface area contributed by atoms with E-state index in [1.54, 1.807) is 0 Å². The van der Waals surface area contributed by atoms with Crippen molar-refractivity contribution >= 4 is 23.2 Å². The molecule has 0 amide bonds. The normalized spacial score (nSPS) is 22.9. The Bertz CT molecular complexity index is 935.